The maximum atomic E-state index is 4.49. The zero-order chi connectivity index (χ0) is 20.7. The van der Waals surface area contributed by atoms with E-state index in [4.69, 9.17) is 0 Å². The van der Waals surface area contributed by atoms with Crippen LogP contribution in [0.15, 0.2) is 67.0 Å². The highest BCUT2D eigenvalue weighted by atomic mass is 15.1. The molecule has 0 amide bonds. The lowest BCUT2D eigenvalue weighted by molar-refractivity contribution is 0.261. The van der Waals surface area contributed by atoms with E-state index in [1.807, 2.05) is 36.7 Å². The van der Waals surface area contributed by atoms with Crippen LogP contribution in [0, 0.1) is 6.92 Å². The molecule has 4 heteroatoms. The Balaban J connectivity index is 1.65. The van der Waals surface area contributed by atoms with Gasteiger partial charge in [-0.25, -0.2) is 0 Å². The summed E-state index contributed by atoms with van der Waals surface area (Å²) in [6.07, 6.45) is 3.71. The van der Waals surface area contributed by atoms with Gasteiger partial charge >= 0.3 is 0 Å². The fraction of sp³-hybridized carbons (Fsp3) is 0.360. The van der Waals surface area contributed by atoms with Gasteiger partial charge in [0, 0.05) is 44.3 Å². The summed E-state index contributed by atoms with van der Waals surface area (Å²) in [6.45, 7) is 12.4. The van der Waals surface area contributed by atoms with Crippen molar-refractivity contribution in [2.75, 3.05) is 18.4 Å². The molecule has 1 N–H and O–H groups in total. The second-order valence-electron chi connectivity index (χ2n) is 8.56. The molecule has 0 radical (unpaired) electrons. The van der Waals surface area contributed by atoms with Crippen LogP contribution in [0.1, 0.15) is 43.3 Å². The van der Waals surface area contributed by atoms with Gasteiger partial charge in [-0.15, -0.1) is 0 Å². The summed E-state index contributed by atoms with van der Waals surface area (Å²) in [5.41, 5.74) is 6.21. The van der Waals surface area contributed by atoms with Crippen LogP contribution in [0.3, 0.4) is 0 Å². The Labute approximate surface area is 175 Å². The lowest BCUT2D eigenvalue weighted by Gasteiger charge is -2.24. The Morgan fingerprint density at radius 3 is 2.00 bits per heavy atom. The Hall–Kier alpha value is -2.72. The normalized spacial score (nSPS) is 11.6. The number of benzene rings is 1. The van der Waals surface area contributed by atoms with E-state index < -0.39 is 0 Å². The van der Waals surface area contributed by atoms with Crippen molar-refractivity contribution in [2.45, 2.75) is 46.2 Å². The molecule has 2 heterocycles. The highest BCUT2D eigenvalue weighted by Gasteiger charge is 2.16. The Bertz CT molecular complexity index is 844. The number of aromatic nitrogens is 2. The van der Waals surface area contributed by atoms with Crippen molar-refractivity contribution in [1.82, 2.24) is 14.9 Å². The fourth-order valence-electron chi connectivity index (χ4n) is 3.55. The SMILES string of the molecule is Cc1ccc(NCCN(Cc2ccccn2)Cc2ccccn2)cc1C(C)(C)C. The zero-order valence-corrected chi connectivity index (χ0v) is 18.0. The first-order valence-corrected chi connectivity index (χ1v) is 10.3. The third kappa shape index (κ3) is 6.40. The Kier molecular flexibility index (Phi) is 6.99. The smallest absolute Gasteiger partial charge is 0.0544 e. The van der Waals surface area contributed by atoms with Gasteiger partial charge in [0.25, 0.3) is 0 Å². The molecule has 0 aliphatic heterocycles. The number of hydrogen-bond acceptors (Lipinski definition) is 4. The molecular formula is C25H32N4. The lowest BCUT2D eigenvalue weighted by atomic mass is 9.84. The number of nitrogens with one attached hydrogen (secondary N) is 1. The van der Waals surface area contributed by atoms with Crippen LogP contribution in [0.25, 0.3) is 0 Å². The molecule has 3 rings (SSSR count). The average Bonchev–Trinajstić information content (AvgIpc) is 2.70. The van der Waals surface area contributed by atoms with Gasteiger partial charge in [0.05, 0.1) is 11.4 Å². The van der Waals surface area contributed by atoms with Crippen LogP contribution in [-0.4, -0.2) is 28.0 Å². The molecule has 0 aliphatic rings. The van der Waals surface area contributed by atoms with Gasteiger partial charge in [0.1, 0.15) is 0 Å². The first kappa shape index (κ1) is 21.0. The van der Waals surface area contributed by atoms with Crippen molar-refractivity contribution < 1.29 is 0 Å². The maximum Gasteiger partial charge on any atom is 0.0544 e. The summed E-state index contributed by atoms with van der Waals surface area (Å²) in [5, 5.41) is 3.60. The summed E-state index contributed by atoms with van der Waals surface area (Å²) >= 11 is 0. The molecule has 29 heavy (non-hydrogen) atoms. The number of rotatable bonds is 8. The number of aryl methyl sites for hydroxylation is 1. The minimum Gasteiger partial charge on any atom is -0.384 e. The van der Waals surface area contributed by atoms with E-state index in [0.717, 1.165) is 37.6 Å². The van der Waals surface area contributed by atoms with Crippen LogP contribution in [0.2, 0.25) is 0 Å². The van der Waals surface area contributed by atoms with E-state index in [9.17, 15) is 0 Å². The third-order valence-corrected chi connectivity index (χ3v) is 5.03. The molecule has 4 nitrogen and oxygen atoms in total. The highest BCUT2D eigenvalue weighted by Crippen LogP contribution is 2.28. The van der Waals surface area contributed by atoms with E-state index in [-0.39, 0.29) is 5.41 Å². The number of hydrogen-bond donors (Lipinski definition) is 1. The molecule has 152 valence electrons. The fourth-order valence-corrected chi connectivity index (χ4v) is 3.55. The van der Waals surface area contributed by atoms with Crippen LogP contribution in [-0.2, 0) is 18.5 Å². The van der Waals surface area contributed by atoms with Gasteiger partial charge < -0.3 is 5.32 Å². The van der Waals surface area contributed by atoms with E-state index in [1.54, 1.807) is 0 Å². The van der Waals surface area contributed by atoms with Crippen molar-refractivity contribution in [1.29, 1.82) is 0 Å². The number of nitrogens with zero attached hydrogens (tertiary/aromatic N) is 3. The van der Waals surface area contributed by atoms with Crippen LogP contribution >= 0.6 is 0 Å². The monoisotopic (exact) mass is 388 g/mol. The van der Waals surface area contributed by atoms with E-state index in [2.05, 4.69) is 78.2 Å². The van der Waals surface area contributed by atoms with Crippen molar-refractivity contribution in [3.05, 3.63) is 89.5 Å². The molecule has 3 aromatic rings. The molecule has 0 bridgehead atoms. The van der Waals surface area contributed by atoms with E-state index >= 15 is 0 Å². The Morgan fingerprint density at radius 2 is 1.48 bits per heavy atom. The molecule has 0 spiro atoms. The molecular weight excluding hydrogens is 356 g/mol. The van der Waals surface area contributed by atoms with Gasteiger partial charge in [-0.3, -0.25) is 14.9 Å². The third-order valence-electron chi connectivity index (χ3n) is 5.03. The summed E-state index contributed by atoms with van der Waals surface area (Å²) in [7, 11) is 0. The molecule has 0 saturated heterocycles. The van der Waals surface area contributed by atoms with Gasteiger partial charge in [-0.1, -0.05) is 39.0 Å². The highest BCUT2D eigenvalue weighted by molar-refractivity contribution is 5.50. The van der Waals surface area contributed by atoms with Crippen molar-refractivity contribution in [2.24, 2.45) is 0 Å². The topological polar surface area (TPSA) is 41.0 Å². The summed E-state index contributed by atoms with van der Waals surface area (Å²) < 4.78 is 0. The number of anilines is 1. The first-order chi connectivity index (χ1) is 13.9. The zero-order valence-electron chi connectivity index (χ0n) is 18.0. The minimum atomic E-state index is 0.145. The van der Waals surface area contributed by atoms with Crippen LogP contribution in [0.4, 0.5) is 5.69 Å². The molecule has 1 aromatic carbocycles. The lowest BCUT2D eigenvalue weighted by Crippen LogP contribution is -2.29. The average molecular weight is 389 g/mol. The minimum absolute atomic E-state index is 0.145. The quantitative estimate of drug-likeness (QED) is 0.576. The molecule has 2 aromatic heterocycles. The van der Waals surface area contributed by atoms with Gasteiger partial charge in [-0.2, -0.15) is 0 Å². The van der Waals surface area contributed by atoms with Crippen molar-refractivity contribution in [3.63, 3.8) is 0 Å². The molecule has 0 fully saturated rings. The largest absolute Gasteiger partial charge is 0.384 e. The van der Waals surface area contributed by atoms with Crippen molar-refractivity contribution >= 4 is 5.69 Å². The maximum absolute atomic E-state index is 4.49. The van der Waals surface area contributed by atoms with Gasteiger partial charge in [0.15, 0.2) is 0 Å². The molecule has 0 unspecified atom stereocenters. The molecule has 0 saturated carbocycles. The van der Waals surface area contributed by atoms with E-state index in [1.165, 1.54) is 16.8 Å². The van der Waals surface area contributed by atoms with E-state index in [0.29, 0.717) is 0 Å². The second kappa shape index (κ2) is 9.66. The molecule has 0 aliphatic carbocycles. The van der Waals surface area contributed by atoms with Crippen molar-refractivity contribution in [3.8, 4) is 0 Å². The summed E-state index contributed by atoms with van der Waals surface area (Å²) in [6, 6.07) is 18.8. The standard InChI is InChI=1S/C25H32N4/c1-20-11-12-21(17-24(20)25(2,3)4)28-15-16-29(18-22-9-5-7-13-26-22)19-23-10-6-8-14-27-23/h5-14,17,28H,15-16,18-19H2,1-4H3. The number of pyridine rings is 2. The predicted octanol–water partition coefficient (Wildman–Crippen LogP) is 5.20. The second-order valence-corrected chi connectivity index (χ2v) is 8.56. The summed E-state index contributed by atoms with van der Waals surface area (Å²) in [4.78, 5) is 11.4. The molecule has 0 atom stereocenters. The van der Waals surface area contributed by atoms with Crippen LogP contribution < -0.4 is 5.32 Å². The Morgan fingerprint density at radius 1 is 0.862 bits per heavy atom. The summed E-state index contributed by atoms with van der Waals surface area (Å²) in [5.74, 6) is 0. The van der Waals surface area contributed by atoms with Crippen LogP contribution in [0.5, 0.6) is 0 Å². The predicted molar refractivity (Wildman–Crippen MR) is 121 cm³/mol. The first-order valence-electron chi connectivity index (χ1n) is 10.3. The van der Waals surface area contributed by atoms with Gasteiger partial charge in [0.2, 0.25) is 0 Å². The van der Waals surface area contributed by atoms with Gasteiger partial charge in [-0.05, 0) is 59.9 Å².